The number of anilines is 2. The molecule has 0 aliphatic carbocycles. The van der Waals surface area contributed by atoms with Crippen molar-refractivity contribution in [3.05, 3.63) is 24.3 Å². The summed E-state index contributed by atoms with van der Waals surface area (Å²) in [5.74, 6) is 0.289. The Morgan fingerprint density at radius 3 is 2.48 bits per heavy atom. The van der Waals surface area contributed by atoms with Crippen molar-refractivity contribution in [3.8, 4) is 0 Å². The maximum Gasteiger partial charge on any atom is 0.241 e. The summed E-state index contributed by atoms with van der Waals surface area (Å²) in [5.41, 5.74) is 7.82. The molecule has 1 amide bonds. The molecule has 0 radical (unpaired) electrons. The van der Waals surface area contributed by atoms with E-state index >= 15 is 0 Å². The molecule has 1 aliphatic rings. The number of hydrogen-bond acceptors (Lipinski definition) is 4. The molecule has 0 saturated carbocycles. The lowest BCUT2D eigenvalue weighted by Gasteiger charge is -2.29. The van der Waals surface area contributed by atoms with E-state index in [2.05, 4.69) is 24.1 Å². The Labute approximate surface area is 126 Å². The molecule has 3 N–H and O–H groups in total. The molecular formula is C16H25N3O2. The molecule has 1 aromatic rings. The molecule has 116 valence electrons. The number of nitrogens with zero attached hydrogens (tertiary/aromatic N) is 1. The zero-order valence-corrected chi connectivity index (χ0v) is 12.8. The summed E-state index contributed by atoms with van der Waals surface area (Å²) in [6, 6.07) is 7.43. The Hall–Kier alpha value is -1.59. The van der Waals surface area contributed by atoms with Gasteiger partial charge < -0.3 is 20.7 Å². The lowest BCUT2D eigenvalue weighted by molar-refractivity contribution is -0.117. The van der Waals surface area contributed by atoms with Crippen LogP contribution in [0.1, 0.15) is 20.3 Å². The fraction of sp³-hybridized carbons (Fsp3) is 0.562. The van der Waals surface area contributed by atoms with E-state index in [9.17, 15) is 4.79 Å². The van der Waals surface area contributed by atoms with Gasteiger partial charge >= 0.3 is 0 Å². The van der Waals surface area contributed by atoms with Crippen LogP contribution in [0.15, 0.2) is 24.3 Å². The number of nitrogens with two attached hydrogens (primary N) is 1. The van der Waals surface area contributed by atoms with E-state index in [1.807, 2.05) is 24.3 Å². The maximum absolute atomic E-state index is 12.0. The smallest absolute Gasteiger partial charge is 0.241 e. The molecule has 5 nitrogen and oxygen atoms in total. The van der Waals surface area contributed by atoms with E-state index in [0.717, 1.165) is 37.7 Å². The van der Waals surface area contributed by atoms with Gasteiger partial charge in [0.15, 0.2) is 0 Å². The van der Waals surface area contributed by atoms with Crippen LogP contribution in [0.3, 0.4) is 0 Å². The zero-order chi connectivity index (χ0) is 15.2. The van der Waals surface area contributed by atoms with Crippen LogP contribution in [0.2, 0.25) is 0 Å². The Kier molecular flexibility index (Phi) is 5.59. The first-order chi connectivity index (χ1) is 10.1. The fourth-order valence-electron chi connectivity index (χ4n) is 2.43. The third kappa shape index (κ3) is 4.72. The number of ether oxygens (including phenoxy) is 1. The topological polar surface area (TPSA) is 67.6 Å². The quantitative estimate of drug-likeness (QED) is 0.868. The van der Waals surface area contributed by atoms with Crippen molar-refractivity contribution in [1.82, 2.24) is 0 Å². The summed E-state index contributed by atoms with van der Waals surface area (Å²) in [6.45, 7) is 7.47. The van der Waals surface area contributed by atoms with Gasteiger partial charge in [-0.25, -0.2) is 0 Å². The highest BCUT2D eigenvalue weighted by molar-refractivity contribution is 5.94. The molecule has 1 saturated heterocycles. The highest BCUT2D eigenvalue weighted by Crippen LogP contribution is 2.19. The van der Waals surface area contributed by atoms with E-state index < -0.39 is 6.04 Å². The zero-order valence-electron chi connectivity index (χ0n) is 12.8. The maximum atomic E-state index is 12.0. The van der Waals surface area contributed by atoms with Gasteiger partial charge in [-0.05, 0) is 36.6 Å². The summed E-state index contributed by atoms with van der Waals surface area (Å²) in [6.07, 6.45) is 0.692. The molecule has 1 fully saturated rings. The molecule has 21 heavy (non-hydrogen) atoms. The highest BCUT2D eigenvalue weighted by Gasteiger charge is 2.15. The molecule has 0 aromatic heterocycles. The van der Waals surface area contributed by atoms with Crippen molar-refractivity contribution < 1.29 is 9.53 Å². The molecule has 1 unspecified atom stereocenters. The fourth-order valence-corrected chi connectivity index (χ4v) is 2.43. The average molecular weight is 291 g/mol. The minimum absolute atomic E-state index is 0.122. The third-order valence-corrected chi connectivity index (χ3v) is 3.57. The van der Waals surface area contributed by atoms with Gasteiger partial charge in [0.05, 0.1) is 19.3 Å². The minimum atomic E-state index is -0.455. The number of rotatable bonds is 5. The monoisotopic (exact) mass is 291 g/mol. The number of morpholine rings is 1. The molecule has 0 spiro atoms. The minimum Gasteiger partial charge on any atom is -0.378 e. The number of amides is 1. The molecule has 5 heteroatoms. The molecular weight excluding hydrogens is 266 g/mol. The first kappa shape index (κ1) is 15.8. The summed E-state index contributed by atoms with van der Waals surface area (Å²) in [5, 5.41) is 2.87. The average Bonchev–Trinajstić information content (AvgIpc) is 2.48. The Morgan fingerprint density at radius 2 is 1.90 bits per heavy atom. The second-order valence-corrected chi connectivity index (χ2v) is 5.87. The van der Waals surface area contributed by atoms with Crippen LogP contribution in [0.25, 0.3) is 0 Å². The summed E-state index contributed by atoms with van der Waals surface area (Å²) < 4.78 is 5.34. The molecule has 1 heterocycles. The van der Waals surface area contributed by atoms with Gasteiger partial charge in [-0.1, -0.05) is 13.8 Å². The van der Waals surface area contributed by atoms with Crippen molar-refractivity contribution >= 4 is 17.3 Å². The van der Waals surface area contributed by atoms with Gasteiger partial charge in [-0.15, -0.1) is 0 Å². The van der Waals surface area contributed by atoms with Gasteiger partial charge in [-0.2, -0.15) is 0 Å². The van der Waals surface area contributed by atoms with Gasteiger partial charge in [0.2, 0.25) is 5.91 Å². The van der Waals surface area contributed by atoms with Gasteiger partial charge in [0.25, 0.3) is 0 Å². The Balaban J connectivity index is 1.91. The van der Waals surface area contributed by atoms with E-state index in [1.165, 1.54) is 0 Å². The SMILES string of the molecule is CC(C)CC(N)C(=O)Nc1ccc(N2CCOCC2)cc1. The van der Waals surface area contributed by atoms with Gasteiger partial charge in [-0.3, -0.25) is 4.79 Å². The van der Waals surface area contributed by atoms with Crippen molar-refractivity contribution in [2.24, 2.45) is 11.7 Å². The second kappa shape index (κ2) is 7.43. The molecule has 2 rings (SSSR count). The normalized spacial score (nSPS) is 16.9. The highest BCUT2D eigenvalue weighted by atomic mass is 16.5. The molecule has 0 bridgehead atoms. The lowest BCUT2D eigenvalue weighted by Crippen LogP contribution is -2.37. The van der Waals surface area contributed by atoms with Crippen LogP contribution >= 0.6 is 0 Å². The first-order valence-corrected chi connectivity index (χ1v) is 7.55. The number of hydrogen-bond donors (Lipinski definition) is 2. The van der Waals surface area contributed by atoms with Crippen LogP contribution in [-0.4, -0.2) is 38.3 Å². The van der Waals surface area contributed by atoms with Crippen LogP contribution in [0, 0.1) is 5.92 Å². The number of carbonyl (C=O) groups excluding carboxylic acids is 1. The largest absolute Gasteiger partial charge is 0.378 e. The van der Waals surface area contributed by atoms with Gasteiger partial charge in [0.1, 0.15) is 0 Å². The number of nitrogens with one attached hydrogen (secondary N) is 1. The lowest BCUT2D eigenvalue weighted by atomic mass is 10.0. The predicted molar refractivity (Wildman–Crippen MR) is 85.5 cm³/mol. The van der Waals surface area contributed by atoms with Crippen LogP contribution in [-0.2, 0) is 9.53 Å². The number of benzene rings is 1. The van der Waals surface area contributed by atoms with Crippen molar-refractivity contribution in [2.45, 2.75) is 26.3 Å². The first-order valence-electron chi connectivity index (χ1n) is 7.55. The van der Waals surface area contributed by atoms with E-state index in [4.69, 9.17) is 10.5 Å². The molecule has 1 aromatic carbocycles. The standard InChI is InChI=1S/C16H25N3O2/c1-12(2)11-15(17)16(20)18-13-3-5-14(6-4-13)19-7-9-21-10-8-19/h3-6,12,15H,7-11,17H2,1-2H3,(H,18,20). The molecule has 1 atom stereocenters. The van der Waals surface area contributed by atoms with Crippen molar-refractivity contribution in [1.29, 1.82) is 0 Å². The van der Waals surface area contributed by atoms with Crippen LogP contribution < -0.4 is 16.0 Å². The number of carbonyl (C=O) groups is 1. The summed E-state index contributed by atoms with van der Waals surface area (Å²) in [7, 11) is 0. The van der Waals surface area contributed by atoms with Crippen molar-refractivity contribution in [3.63, 3.8) is 0 Å². The van der Waals surface area contributed by atoms with Gasteiger partial charge in [0, 0.05) is 24.5 Å². The van der Waals surface area contributed by atoms with E-state index in [1.54, 1.807) is 0 Å². The van der Waals surface area contributed by atoms with Crippen molar-refractivity contribution in [2.75, 3.05) is 36.5 Å². The Morgan fingerprint density at radius 1 is 1.29 bits per heavy atom. The predicted octanol–water partition coefficient (Wildman–Crippen LogP) is 1.84. The second-order valence-electron chi connectivity index (χ2n) is 5.87. The summed E-state index contributed by atoms with van der Waals surface area (Å²) >= 11 is 0. The summed E-state index contributed by atoms with van der Waals surface area (Å²) in [4.78, 5) is 14.2. The van der Waals surface area contributed by atoms with E-state index in [0.29, 0.717) is 12.3 Å². The molecule has 1 aliphatic heterocycles. The van der Waals surface area contributed by atoms with Crippen LogP contribution in [0.4, 0.5) is 11.4 Å². The van der Waals surface area contributed by atoms with E-state index in [-0.39, 0.29) is 5.91 Å². The van der Waals surface area contributed by atoms with Crippen LogP contribution in [0.5, 0.6) is 0 Å². The Bertz CT molecular complexity index is 453. The third-order valence-electron chi connectivity index (χ3n) is 3.57.